The number of nitrogens with zero attached hydrogens (tertiary/aromatic N) is 1. The van der Waals surface area contributed by atoms with Gasteiger partial charge in [-0.15, -0.1) is 0 Å². The molecule has 0 spiro atoms. The average molecular weight is 208 g/mol. The first kappa shape index (κ1) is 11.4. The van der Waals surface area contributed by atoms with E-state index >= 15 is 0 Å². The summed E-state index contributed by atoms with van der Waals surface area (Å²) >= 11 is 0. The fourth-order valence-electron chi connectivity index (χ4n) is 1.21. The molecule has 1 atom stereocenters. The van der Waals surface area contributed by atoms with Gasteiger partial charge in [-0.2, -0.15) is 0 Å². The smallest absolute Gasteiger partial charge is 0.262 e. The topological polar surface area (TPSA) is 55.6 Å². The Kier molecular flexibility index (Phi) is 3.55. The second-order valence-corrected chi connectivity index (χ2v) is 3.57. The number of carbonyl (C=O) groups is 1. The van der Waals surface area contributed by atoms with Crippen molar-refractivity contribution in [3.63, 3.8) is 0 Å². The molecule has 0 fully saturated rings. The minimum absolute atomic E-state index is 0.0718. The molecule has 1 rings (SSSR count). The van der Waals surface area contributed by atoms with E-state index in [1.165, 1.54) is 4.90 Å². The molecule has 0 heterocycles. The lowest BCUT2D eigenvalue weighted by Gasteiger charge is -2.18. The van der Waals surface area contributed by atoms with Crippen molar-refractivity contribution in [1.82, 2.24) is 4.90 Å². The highest BCUT2D eigenvalue weighted by Gasteiger charge is 2.16. The highest BCUT2D eigenvalue weighted by molar-refractivity contribution is 5.80. The molecule has 0 saturated carbocycles. The minimum atomic E-state index is -0.498. The molecule has 4 nitrogen and oxygen atoms in total. The van der Waals surface area contributed by atoms with Gasteiger partial charge in [0.25, 0.3) is 5.91 Å². The number of carbonyl (C=O) groups excluding carboxylic acids is 1. The first-order valence-corrected chi connectivity index (χ1v) is 4.74. The van der Waals surface area contributed by atoms with Gasteiger partial charge in [0.2, 0.25) is 0 Å². The number of anilines is 1. The molecule has 0 aliphatic rings. The zero-order chi connectivity index (χ0) is 11.4. The van der Waals surface area contributed by atoms with Crippen LogP contribution in [0.1, 0.15) is 6.92 Å². The predicted molar refractivity (Wildman–Crippen MR) is 59.6 cm³/mol. The minimum Gasteiger partial charge on any atom is -0.481 e. The van der Waals surface area contributed by atoms with E-state index in [9.17, 15) is 4.79 Å². The number of hydrogen-bond acceptors (Lipinski definition) is 3. The van der Waals surface area contributed by atoms with Crippen LogP contribution in [0.3, 0.4) is 0 Å². The Hall–Kier alpha value is -1.71. The van der Waals surface area contributed by atoms with E-state index in [4.69, 9.17) is 10.5 Å². The third kappa shape index (κ3) is 3.16. The summed E-state index contributed by atoms with van der Waals surface area (Å²) in [6.07, 6.45) is -0.498. The molecule has 1 amide bonds. The molecule has 15 heavy (non-hydrogen) atoms. The number of ether oxygens (including phenoxy) is 1. The second kappa shape index (κ2) is 4.68. The Balaban J connectivity index is 2.66. The number of benzene rings is 1. The van der Waals surface area contributed by atoms with Crippen molar-refractivity contribution in [3.8, 4) is 5.75 Å². The summed E-state index contributed by atoms with van der Waals surface area (Å²) in [7, 11) is 3.39. The molecular weight excluding hydrogens is 192 g/mol. The SMILES string of the molecule is CC(Oc1cccc(N)c1)C(=O)N(C)C. The first-order chi connectivity index (χ1) is 7.00. The van der Waals surface area contributed by atoms with Crippen LogP contribution in [0.5, 0.6) is 5.75 Å². The summed E-state index contributed by atoms with van der Waals surface area (Å²) in [5.74, 6) is 0.537. The highest BCUT2D eigenvalue weighted by Crippen LogP contribution is 2.16. The van der Waals surface area contributed by atoms with Crippen molar-refractivity contribution in [1.29, 1.82) is 0 Å². The Morgan fingerprint density at radius 3 is 2.67 bits per heavy atom. The molecule has 4 heteroatoms. The van der Waals surface area contributed by atoms with Gasteiger partial charge in [0.1, 0.15) is 5.75 Å². The number of rotatable bonds is 3. The van der Waals surface area contributed by atoms with Crippen molar-refractivity contribution in [3.05, 3.63) is 24.3 Å². The molecule has 1 aromatic carbocycles. The van der Waals surface area contributed by atoms with Crippen LogP contribution in [0, 0.1) is 0 Å². The molecule has 1 aromatic rings. The van der Waals surface area contributed by atoms with Crippen LogP contribution in [0.2, 0.25) is 0 Å². The summed E-state index contributed by atoms with van der Waals surface area (Å²) in [4.78, 5) is 13.0. The molecule has 0 aromatic heterocycles. The van der Waals surface area contributed by atoms with Crippen LogP contribution in [-0.2, 0) is 4.79 Å². The molecular formula is C11H16N2O2. The number of nitrogen functional groups attached to an aromatic ring is 1. The molecule has 0 aliphatic carbocycles. The van der Waals surface area contributed by atoms with E-state index in [1.807, 2.05) is 0 Å². The standard InChI is InChI=1S/C11H16N2O2/c1-8(11(14)13(2)3)15-10-6-4-5-9(12)7-10/h4-8H,12H2,1-3H3. The van der Waals surface area contributed by atoms with Crippen molar-refractivity contribution in [2.75, 3.05) is 19.8 Å². The van der Waals surface area contributed by atoms with Crippen LogP contribution in [0.25, 0.3) is 0 Å². The average Bonchev–Trinajstić information content (AvgIpc) is 2.16. The van der Waals surface area contributed by atoms with E-state index in [0.29, 0.717) is 11.4 Å². The van der Waals surface area contributed by atoms with Crippen LogP contribution in [-0.4, -0.2) is 31.0 Å². The molecule has 0 aliphatic heterocycles. The zero-order valence-electron chi connectivity index (χ0n) is 9.23. The number of amides is 1. The van der Waals surface area contributed by atoms with Crippen LogP contribution >= 0.6 is 0 Å². The van der Waals surface area contributed by atoms with E-state index in [-0.39, 0.29) is 5.91 Å². The highest BCUT2D eigenvalue weighted by atomic mass is 16.5. The lowest BCUT2D eigenvalue weighted by Crippen LogP contribution is -2.35. The van der Waals surface area contributed by atoms with Gasteiger partial charge >= 0.3 is 0 Å². The van der Waals surface area contributed by atoms with Gasteiger partial charge in [0.15, 0.2) is 6.10 Å². The zero-order valence-corrected chi connectivity index (χ0v) is 9.23. The van der Waals surface area contributed by atoms with E-state index < -0.39 is 6.10 Å². The maximum Gasteiger partial charge on any atom is 0.262 e. The third-order valence-electron chi connectivity index (χ3n) is 1.96. The number of likely N-dealkylation sites (N-methyl/N-ethyl adjacent to an activating group) is 1. The largest absolute Gasteiger partial charge is 0.481 e. The predicted octanol–water partition coefficient (Wildman–Crippen LogP) is 1.12. The van der Waals surface area contributed by atoms with Gasteiger partial charge in [-0.25, -0.2) is 0 Å². The fraction of sp³-hybridized carbons (Fsp3) is 0.364. The summed E-state index contributed by atoms with van der Waals surface area (Å²) in [5.41, 5.74) is 6.22. The van der Waals surface area contributed by atoms with Crippen LogP contribution < -0.4 is 10.5 Å². The van der Waals surface area contributed by atoms with Gasteiger partial charge in [-0.05, 0) is 19.1 Å². The van der Waals surface area contributed by atoms with Gasteiger partial charge in [-0.1, -0.05) is 6.07 Å². The Bertz CT molecular complexity index is 350. The fourth-order valence-corrected chi connectivity index (χ4v) is 1.21. The summed E-state index contributed by atoms with van der Waals surface area (Å²) in [6.45, 7) is 1.71. The maximum absolute atomic E-state index is 11.5. The Morgan fingerprint density at radius 2 is 2.13 bits per heavy atom. The monoisotopic (exact) mass is 208 g/mol. The Labute approximate surface area is 89.6 Å². The lowest BCUT2D eigenvalue weighted by atomic mass is 10.3. The second-order valence-electron chi connectivity index (χ2n) is 3.57. The molecule has 1 unspecified atom stereocenters. The quantitative estimate of drug-likeness (QED) is 0.757. The Morgan fingerprint density at radius 1 is 1.47 bits per heavy atom. The van der Waals surface area contributed by atoms with Crippen molar-refractivity contribution < 1.29 is 9.53 Å². The number of nitrogens with two attached hydrogens (primary N) is 1. The van der Waals surface area contributed by atoms with E-state index in [0.717, 1.165) is 0 Å². The molecule has 82 valence electrons. The van der Waals surface area contributed by atoms with Gasteiger partial charge in [0, 0.05) is 25.8 Å². The lowest BCUT2D eigenvalue weighted by molar-refractivity contribution is -0.135. The summed E-state index contributed by atoms with van der Waals surface area (Å²) < 4.78 is 5.45. The van der Waals surface area contributed by atoms with Gasteiger partial charge in [0.05, 0.1) is 0 Å². The molecule has 2 N–H and O–H groups in total. The molecule has 0 saturated heterocycles. The third-order valence-corrected chi connectivity index (χ3v) is 1.96. The van der Waals surface area contributed by atoms with Gasteiger partial charge < -0.3 is 15.4 Å². The number of hydrogen-bond donors (Lipinski definition) is 1. The van der Waals surface area contributed by atoms with Gasteiger partial charge in [-0.3, -0.25) is 4.79 Å². The van der Waals surface area contributed by atoms with Crippen LogP contribution in [0.4, 0.5) is 5.69 Å². The molecule has 0 radical (unpaired) electrons. The van der Waals surface area contributed by atoms with Crippen molar-refractivity contribution in [2.45, 2.75) is 13.0 Å². The normalized spacial score (nSPS) is 11.9. The van der Waals surface area contributed by atoms with Crippen molar-refractivity contribution >= 4 is 11.6 Å². The summed E-state index contributed by atoms with van der Waals surface area (Å²) in [5, 5.41) is 0. The first-order valence-electron chi connectivity index (χ1n) is 4.74. The maximum atomic E-state index is 11.5. The van der Waals surface area contributed by atoms with E-state index in [2.05, 4.69) is 0 Å². The van der Waals surface area contributed by atoms with E-state index in [1.54, 1.807) is 45.3 Å². The summed E-state index contributed by atoms with van der Waals surface area (Å²) in [6, 6.07) is 7.03. The molecule has 0 bridgehead atoms. The van der Waals surface area contributed by atoms with Crippen molar-refractivity contribution in [2.24, 2.45) is 0 Å². The van der Waals surface area contributed by atoms with Crippen LogP contribution in [0.15, 0.2) is 24.3 Å².